The number of carbonyl (C=O) groups excluding carboxylic acids is 1. The highest BCUT2D eigenvalue weighted by Crippen LogP contribution is 2.29. The van der Waals surface area contributed by atoms with Crippen LogP contribution in [0.3, 0.4) is 0 Å². The molecule has 0 aromatic heterocycles. The molecule has 1 heterocycles. The number of nitrogens with one attached hydrogen (secondary N) is 1. The number of hydrogen-bond donors (Lipinski definition) is 2. The highest BCUT2D eigenvalue weighted by atomic mass is 32.2. The normalized spacial score (nSPS) is 18.4. The molecule has 7 heteroatoms. The van der Waals surface area contributed by atoms with Crippen molar-refractivity contribution in [2.24, 2.45) is 0 Å². The zero-order valence-electron chi connectivity index (χ0n) is 10.8. The van der Waals surface area contributed by atoms with Gasteiger partial charge < -0.3 is 20.1 Å². The van der Waals surface area contributed by atoms with Crippen LogP contribution in [-0.2, 0) is 9.53 Å². The zero-order valence-corrected chi connectivity index (χ0v) is 11.6. The predicted octanol–water partition coefficient (Wildman–Crippen LogP) is 0.625. The van der Waals surface area contributed by atoms with Crippen molar-refractivity contribution >= 4 is 23.8 Å². The molecule has 104 valence electrons. The van der Waals surface area contributed by atoms with Crippen LogP contribution in [0.2, 0.25) is 0 Å². The summed E-state index contributed by atoms with van der Waals surface area (Å²) in [5.41, 5.74) is 0. The largest absolute Gasteiger partial charge is 0.480 e. The van der Waals surface area contributed by atoms with Crippen molar-refractivity contribution in [2.75, 3.05) is 38.6 Å². The molecule has 1 fully saturated rings. The molecule has 0 atom stereocenters. The Bertz CT molecular complexity index is 309. The van der Waals surface area contributed by atoms with Gasteiger partial charge >= 0.3 is 12.0 Å². The molecule has 18 heavy (non-hydrogen) atoms. The Morgan fingerprint density at radius 2 is 2.22 bits per heavy atom. The molecule has 0 aliphatic carbocycles. The van der Waals surface area contributed by atoms with Crippen molar-refractivity contribution in [3.8, 4) is 0 Å². The van der Waals surface area contributed by atoms with E-state index >= 15 is 0 Å². The molecule has 1 rings (SSSR count). The van der Waals surface area contributed by atoms with E-state index in [0.717, 1.165) is 18.8 Å². The first kappa shape index (κ1) is 15.1. The number of amides is 2. The number of nitrogens with zero attached hydrogens (tertiary/aromatic N) is 1. The third-order valence-corrected chi connectivity index (χ3v) is 3.76. The third kappa shape index (κ3) is 5.59. The van der Waals surface area contributed by atoms with Crippen LogP contribution in [0.15, 0.2) is 0 Å². The van der Waals surface area contributed by atoms with Crippen molar-refractivity contribution in [3.05, 3.63) is 0 Å². The van der Waals surface area contributed by atoms with Crippen molar-refractivity contribution in [1.29, 1.82) is 0 Å². The van der Waals surface area contributed by atoms with Gasteiger partial charge in [0.15, 0.2) is 0 Å². The summed E-state index contributed by atoms with van der Waals surface area (Å²) in [4.78, 5) is 23.8. The summed E-state index contributed by atoms with van der Waals surface area (Å²) < 4.78 is 4.93. The lowest BCUT2D eigenvalue weighted by Crippen LogP contribution is -2.50. The summed E-state index contributed by atoms with van der Waals surface area (Å²) in [5, 5.41) is 11.1. The lowest BCUT2D eigenvalue weighted by molar-refractivity contribution is -0.142. The Kier molecular flexibility index (Phi) is 5.74. The van der Waals surface area contributed by atoms with Gasteiger partial charge in [-0.2, -0.15) is 11.8 Å². The van der Waals surface area contributed by atoms with E-state index in [1.54, 1.807) is 4.90 Å². The van der Waals surface area contributed by atoms with Gasteiger partial charge in [-0.25, -0.2) is 9.59 Å². The molecule has 1 aliphatic heterocycles. The molecule has 2 amide bonds. The molecule has 1 aliphatic rings. The molecular formula is C11H20N2O4S. The van der Waals surface area contributed by atoms with E-state index in [0.29, 0.717) is 6.54 Å². The van der Waals surface area contributed by atoms with Crippen molar-refractivity contribution in [3.63, 3.8) is 0 Å². The number of ether oxygens (including phenoxy) is 1. The fourth-order valence-electron chi connectivity index (χ4n) is 1.69. The van der Waals surface area contributed by atoms with E-state index in [1.165, 1.54) is 0 Å². The topological polar surface area (TPSA) is 78.9 Å². The maximum atomic E-state index is 11.8. The quantitative estimate of drug-likeness (QED) is 0.720. The first-order chi connectivity index (χ1) is 8.41. The minimum atomic E-state index is -1.00. The van der Waals surface area contributed by atoms with E-state index in [2.05, 4.69) is 19.2 Å². The van der Waals surface area contributed by atoms with Crippen molar-refractivity contribution in [1.82, 2.24) is 10.2 Å². The molecule has 0 spiro atoms. The van der Waals surface area contributed by atoms with Gasteiger partial charge in [-0.1, -0.05) is 0 Å². The first-order valence-electron chi connectivity index (χ1n) is 5.87. The Morgan fingerprint density at radius 3 is 2.83 bits per heavy atom. The number of carboxylic acid groups (broad SMARTS) is 1. The lowest BCUT2D eigenvalue weighted by Gasteiger charge is -2.37. The summed E-state index contributed by atoms with van der Waals surface area (Å²) in [6.45, 7) is 5.92. The molecule has 0 aromatic carbocycles. The summed E-state index contributed by atoms with van der Waals surface area (Å²) in [6, 6.07) is -0.109. The molecule has 0 aromatic rings. The minimum Gasteiger partial charge on any atom is -0.480 e. The third-order valence-electron chi connectivity index (χ3n) is 2.46. The van der Waals surface area contributed by atoms with Crippen molar-refractivity contribution < 1.29 is 19.4 Å². The van der Waals surface area contributed by atoms with Gasteiger partial charge in [0.1, 0.15) is 6.61 Å². The molecule has 0 unspecified atom stereocenters. The van der Waals surface area contributed by atoms with Crippen LogP contribution in [0.5, 0.6) is 0 Å². The van der Waals surface area contributed by atoms with E-state index in [4.69, 9.17) is 9.84 Å². The summed E-state index contributed by atoms with van der Waals surface area (Å²) >= 11 is 1.87. The summed E-state index contributed by atoms with van der Waals surface area (Å²) in [7, 11) is 0. The zero-order chi connectivity index (χ0) is 13.6. The Morgan fingerprint density at radius 1 is 1.50 bits per heavy atom. The molecule has 0 saturated carbocycles. The standard InChI is InChI=1S/C11H20N2O4S/c1-11(2)8-13(4-6-18-11)10(16)12-3-5-17-7-9(14)15/h3-8H2,1-2H3,(H,12,16)(H,14,15). The molecule has 0 bridgehead atoms. The second-order valence-corrected chi connectivity index (χ2v) is 6.51. The number of hydrogen-bond acceptors (Lipinski definition) is 4. The number of aliphatic carboxylic acids is 1. The Hall–Kier alpha value is -0.950. The van der Waals surface area contributed by atoms with Crippen LogP contribution < -0.4 is 5.32 Å². The summed E-state index contributed by atoms with van der Waals surface area (Å²) in [5.74, 6) is -0.0632. The van der Waals surface area contributed by atoms with E-state index < -0.39 is 5.97 Å². The maximum absolute atomic E-state index is 11.8. The minimum absolute atomic E-state index is 0.0927. The predicted molar refractivity (Wildman–Crippen MR) is 70.0 cm³/mol. The molecule has 6 nitrogen and oxygen atoms in total. The van der Waals surface area contributed by atoms with Crippen molar-refractivity contribution in [2.45, 2.75) is 18.6 Å². The average molecular weight is 276 g/mol. The molecule has 1 saturated heterocycles. The van der Waals surface area contributed by atoms with Gasteiger partial charge in [-0.05, 0) is 13.8 Å². The fraction of sp³-hybridized carbons (Fsp3) is 0.818. The Labute approximate surface area is 111 Å². The highest BCUT2D eigenvalue weighted by Gasteiger charge is 2.29. The van der Waals surface area contributed by atoms with Gasteiger partial charge in [-0.3, -0.25) is 0 Å². The van der Waals surface area contributed by atoms with Gasteiger partial charge in [0.25, 0.3) is 0 Å². The van der Waals surface area contributed by atoms with Gasteiger partial charge in [0.2, 0.25) is 0 Å². The smallest absolute Gasteiger partial charge is 0.329 e. The number of thioether (sulfide) groups is 1. The summed E-state index contributed by atoms with van der Waals surface area (Å²) in [6.07, 6.45) is 0. The lowest BCUT2D eigenvalue weighted by atomic mass is 10.2. The van der Waals surface area contributed by atoms with Crippen LogP contribution in [0.25, 0.3) is 0 Å². The van der Waals surface area contributed by atoms with Gasteiger partial charge in [0.05, 0.1) is 6.61 Å². The van der Waals surface area contributed by atoms with E-state index in [1.807, 2.05) is 11.8 Å². The van der Waals surface area contributed by atoms with Crippen LogP contribution in [0, 0.1) is 0 Å². The van der Waals surface area contributed by atoms with Gasteiger partial charge in [-0.15, -0.1) is 0 Å². The maximum Gasteiger partial charge on any atom is 0.329 e. The van der Waals surface area contributed by atoms with Gasteiger partial charge in [0, 0.05) is 30.1 Å². The van der Waals surface area contributed by atoms with Crippen LogP contribution in [0.4, 0.5) is 4.79 Å². The second-order valence-electron chi connectivity index (χ2n) is 4.71. The van der Waals surface area contributed by atoms with Crippen LogP contribution in [0.1, 0.15) is 13.8 Å². The molecular weight excluding hydrogens is 256 g/mol. The number of carboxylic acids is 1. The molecule has 2 N–H and O–H groups in total. The SMILES string of the molecule is CC1(C)CN(C(=O)NCCOCC(=O)O)CCS1. The second kappa shape index (κ2) is 6.84. The highest BCUT2D eigenvalue weighted by molar-refractivity contribution is 8.00. The monoisotopic (exact) mass is 276 g/mol. The van der Waals surface area contributed by atoms with E-state index in [9.17, 15) is 9.59 Å². The Balaban J connectivity index is 2.18. The average Bonchev–Trinajstić information content (AvgIpc) is 2.26. The number of urea groups is 1. The van der Waals surface area contributed by atoms with E-state index in [-0.39, 0.29) is 24.0 Å². The fourth-order valence-corrected chi connectivity index (χ4v) is 2.80. The van der Waals surface area contributed by atoms with Crippen LogP contribution in [-0.4, -0.2) is 65.4 Å². The first-order valence-corrected chi connectivity index (χ1v) is 6.85. The number of carbonyl (C=O) groups is 2. The number of rotatable bonds is 5. The van der Waals surface area contributed by atoms with Crippen LogP contribution >= 0.6 is 11.8 Å². The molecule has 0 radical (unpaired) electrons.